The van der Waals surface area contributed by atoms with E-state index in [1.165, 1.54) is 35.2 Å². The Labute approximate surface area is 181 Å². The van der Waals surface area contributed by atoms with Crippen molar-refractivity contribution < 1.29 is 18.7 Å². The van der Waals surface area contributed by atoms with Crippen molar-refractivity contribution in [2.24, 2.45) is 0 Å². The molecule has 1 aromatic heterocycles. The lowest BCUT2D eigenvalue weighted by Crippen LogP contribution is -2.14. The van der Waals surface area contributed by atoms with Gasteiger partial charge in [0.2, 0.25) is 16.9 Å². The van der Waals surface area contributed by atoms with Gasteiger partial charge in [0, 0.05) is 0 Å². The topological polar surface area (TPSA) is 93.2 Å². The number of para-hydroxylation sites is 2. The van der Waals surface area contributed by atoms with Gasteiger partial charge in [-0.25, -0.2) is 4.39 Å². The number of thioether (sulfide) groups is 1. The molecule has 7 nitrogen and oxygen atoms in total. The van der Waals surface area contributed by atoms with Gasteiger partial charge in [0.1, 0.15) is 11.6 Å². The van der Waals surface area contributed by atoms with Crippen LogP contribution in [0.15, 0.2) is 52.9 Å². The fourth-order valence-electron chi connectivity index (χ4n) is 2.43. The van der Waals surface area contributed by atoms with E-state index in [2.05, 4.69) is 20.8 Å². The molecule has 156 valence electrons. The standard InChI is InChI=1S/C20H19FN4O3S2/c1-2-28-16-6-4-3-5-15(16)22-18(27)12-29-20-25-24-19(30-20)23-17(26)11-13-7-9-14(21)10-8-13/h3-10H,2,11-12H2,1H3,(H,22,27)(H,23,24,26). The molecular weight excluding hydrogens is 427 g/mol. The molecule has 0 aliphatic heterocycles. The van der Waals surface area contributed by atoms with Gasteiger partial charge >= 0.3 is 0 Å². The fraction of sp³-hybridized carbons (Fsp3) is 0.200. The number of rotatable bonds is 9. The van der Waals surface area contributed by atoms with Crippen molar-refractivity contribution in [3.63, 3.8) is 0 Å². The van der Waals surface area contributed by atoms with Crippen LogP contribution in [-0.2, 0) is 16.0 Å². The lowest BCUT2D eigenvalue weighted by molar-refractivity contribution is -0.115. The molecule has 0 aliphatic rings. The van der Waals surface area contributed by atoms with E-state index in [9.17, 15) is 14.0 Å². The largest absolute Gasteiger partial charge is 0.492 e. The van der Waals surface area contributed by atoms with Gasteiger partial charge in [0.15, 0.2) is 4.34 Å². The van der Waals surface area contributed by atoms with Gasteiger partial charge in [-0.15, -0.1) is 10.2 Å². The first kappa shape index (κ1) is 21.7. The maximum atomic E-state index is 12.9. The van der Waals surface area contributed by atoms with Gasteiger partial charge in [-0.1, -0.05) is 47.4 Å². The summed E-state index contributed by atoms with van der Waals surface area (Å²) in [5.74, 6) is -0.0851. The summed E-state index contributed by atoms with van der Waals surface area (Å²) in [7, 11) is 0. The Balaban J connectivity index is 1.47. The summed E-state index contributed by atoms with van der Waals surface area (Å²) >= 11 is 2.40. The van der Waals surface area contributed by atoms with E-state index in [1.54, 1.807) is 24.3 Å². The average Bonchev–Trinajstić information content (AvgIpc) is 3.17. The van der Waals surface area contributed by atoms with Crippen molar-refractivity contribution in [3.05, 3.63) is 59.9 Å². The minimum absolute atomic E-state index is 0.101. The van der Waals surface area contributed by atoms with Crippen molar-refractivity contribution in [1.29, 1.82) is 0 Å². The molecule has 0 saturated heterocycles. The number of benzene rings is 2. The highest BCUT2D eigenvalue weighted by Crippen LogP contribution is 2.27. The van der Waals surface area contributed by atoms with Crippen molar-refractivity contribution >= 4 is 45.7 Å². The lowest BCUT2D eigenvalue weighted by atomic mass is 10.1. The lowest BCUT2D eigenvalue weighted by Gasteiger charge is -2.10. The van der Waals surface area contributed by atoms with Crippen molar-refractivity contribution in [1.82, 2.24) is 10.2 Å². The van der Waals surface area contributed by atoms with E-state index in [0.717, 1.165) is 0 Å². The molecule has 0 aliphatic carbocycles. The van der Waals surface area contributed by atoms with Crippen molar-refractivity contribution in [2.45, 2.75) is 17.7 Å². The highest BCUT2D eigenvalue weighted by molar-refractivity contribution is 8.01. The molecule has 0 bridgehead atoms. The Hall–Kier alpha value is -2.98. The summed E-state index contributed by atoms with van der Waals surface area (Å²) in [5.41, 5.74) is 1.30. The quantitative estimate of drug-likeness (QED) is 0.381. The number of nitrogens with zero attached hydrogens (tertiary/aromatic N) is 2. The maximum Gasteiger partial charge on any atom is 0.234 e. The van der Waals surface area contributed by atoms with Crippen LogP contribution in [0, 0.1) is 5.82 Å². The molecule has 0 atom stereocenters. The van der Waals surface area contributed by atoms with Crippen LogP contribution in [0.5, 0.6) is 5.75 Å². The van der Waals surface area contributed by atoms with E-state index >= 15 is 0 Å². The third kappa shape index (κ3) is 6.53. The zero-order chi connectivity index (χ0) is 21.3. The minimum Gasteiger partial charge on any atom is -0.492 e. The first-order valence-electron chi connectivity index (χ1n) is 9.05. The summed E-state index contributed by atoms with van der Waals surface area (Å²) < 4.78 is 19.0. The second-order valence-electron chi connectivity index (χ2n) is 5.99. The van der Waals surface area contributed by atoms with Crippen LogP contribution in [0.3, 0.4) is 0 Å². The van der Waals surface area contributed by atoms with Gasteiger partial charge in [0.25, 0.3) is 0 Å². The van der Waals surface area contributed by atoms with Crippen LogP contribution in [-0.4, -0.2) is 34.4 Å². The first-order valence-corrected chi connectivity index (χ1v) is 10.9. The normalized spacial score (nSPS) is 10.5. The van der Waals surface area contributed by atoms with E-state index in [0.29, 0.717) is 33.1 Å². The number of hydrogen-bond donors (Lipinski definition) is 2. The highest BCUT2D eigenvalue weighted by atomic mass is 32.2. The zero-order valence-corrected chi connectivity index (χ0v) is 17.7. The van der Waals surface area contributed by atoms with Crippen LogP contribution in [0.1, 0.15) is 12.5 Å². The predicted octanol–water partition coefficient (Wildman–Crippen LogP) is 3.99. The average molecular weight is 447 g/mol. The third-order valence-corrected chi connectivity index (χ3v) is 5.69. The Bertz CT molecular complexity index is 1010. The smallest absolute Gasteiger partial charge is 0.234 e. The molecule has 3 rings (SSSR count). The number of amides is 2. The number of ether oxygens (including phenoxy) is 1. The number of nitrogens with one attached hydrogen (secondary N) is 2. The molecule has 0 radical (unpaired) electrons. The van der Waals surface area contributed by atoms with Gasteiger partial charge < -0.3 is 15.4 Å². The number of halogens is 1. The second kappa shape index (κ2) is 10.7. The molecule has 0 fully saturated rings. The maximum absolute atomic E-state index is 12.9. The summed E-state index contributed by atoms with van der Waals surface area (Å²) in [6, 6.07) is 12.9. The predicted molar refractivity (Wildman–Crippen MR) is 116 cm³/mol. The van der Waals surface area contributed by atoms with Gasteiger partial charge in [-0.2, -0.15) is 0 Å². The molecule has 2 aromatic carbocycles. The Morgan fingerprint density at radius 3 is 2.60 bits per heavy atom. The number of aromatic nitrogens is 2. The Morgan fingerprint density at radius 2 is 1.83 bits per heavy atom. The molecular formula is C20H19FN4O3S2. The summed E-state index contributed by atoms with van der Waals surface area (Å²) in [5, 5.41) is 13.7. The monoisotopic (exact) mass is 446 g/mol. The van der Waals surface area contributed by atoms with Gasteiger partial charge in [0.05, 0.1) is 24.5 Å². The summed E-state index contributed by atoms with van der Waals surface area (Å²) in [6.45, 7) is 2.38. The number of carbonyl (C=O) groups is 2. The molecule has 3 aromatic rings. The van der Waals surface area contributed by atoms with Gasteiger partial charge in [-0.05, 0) is 36.8 Å². The molecule has 30 heavy (non-hydrogen) atoms. The highest BCUT2D eigenvalue weighted by Gasteiger charge is 2.12. The van der Waals surface area contributed by atoms with Crippen molar-refractivity contribution in [3.8, 4) is 5.75 Å². The van der Waals surface area contributed by atoms with E-state index in [4.69, 9.17) is 4.74 Å². The summed E-state index contributed by atoms with van der Waals surface area (Å²) in [6.07, 6.45) is 0.101. The number of hydrogen-bond acceptors (Lipinski definition) is 7. The molecule has 1 heterocycles. The second-order valence-corrected chi connectivity index (χ2v) is 8.19. The van der Waals surface area contributed by atoms with E-state index in [1.807, 2.05) is 19.1 Å². The van der Waals surface area contributed by atoms with Gasteiger partial charge in [-0.3, -0.25) is 9.59 Å². The van der Waals surface area contributed by atoms with Crippen LogP contribution in [0.4, 0.5) is 15.2 Å². The third-order valence-electron chi connectivity index (χ3n) is 3.72. The van der Waals surface area contributed by atoms with E-state index < -0.39 is 0 Å². The SMILES string of the molecule is CCOc1ccccc1NC(=O)CSc1nnc(NC(=O)Cc2ccc(F)cc2)s1. The molecule has 0 unspecified atom stereocenters. The van der Waals surface area contributed by atoms with Crippen LogP contribution in [0.25, 0.3) is 0 Å². The number of anilines is 2. The molecule has 2 N–H and O–H groups in total. The molecule has 0 spiro atoms. The zero-order valence-electron chi connectivity index (χ0n) is 16.1. The Kier molecular flexibility index (Phi) is 7.75. The van der Waals surface area contributed by atoms with E-state index in [-0.39, 0.29) is 29.8 Å². The molecule has 2 amide bonds. The first-order chi connectivity index (χ1) is 14.5. The van der Waals surface area contributed by atoms with Crippen LogP contribution >= 0.6 is 23.1 Å². The fourth-order valence-corrected chi connectivity index (χ4v) is 4.00. The number of carbonyl (C=O) groups excluding carboxylic acids is 2. The van der Waals surface area contributed by atoms with Crippen LogP contribution in [0.2, 0.25) is 0 Å². The summed E-state index contributed by atoms with van der Waals surface area (Å²) in [4.78, 5) is 24.3. The molecule has 0 saturated carbocycles. The minimum atomic E-state index is -0.352. The van der Waals surface area contributed by atoms with Crippen molar-refractivity contribution in [2.75, 3.05) is 23.0 Å². The Morgan fingerprint density at radius 1 is 1.07 bits per heavy atom. The van der Waals surface area contributed by atoms with Crippen LogP contribution < -0.4 is 15.4 Å². The molecule has 10 heteroatoms.